The molecule has 1 aromatic carbocycles. The Kier molecular flexibility index (Phi) is 1.74. The van der Waals surface area contributed by atoms with Gasteiger partial charge in [0.25, 0.3) is 0 Å². The zero-order valence-corrected chi connectivity index (χ0v) is 7.11. The highest BCUT2D eigenvalue weighted by molar-refractivity contribution is 5.93. The molecule has 0 bridgehead atoms. The third-order valence-electron chi connectivity index (χ3n) is 1.83. The lowest BCUT2D eigenvalue weighted by Crippen LogP contribution is -2.09. The van der Waals surface area contributed by atoms with E-state index >= 15 is 0 Å². The summed E-state index contributed by atoms with van der Waals surface area (Å²) in [7, 11) is 0. The van der Waals surface area contributed by atoms with Crippen LogP contribution in [0.15, 0.2) is 18.5 Å². The van der Waals surface area contributed by atoms with Gasteiger partial charge in [-0.2, -0.15) is 0 Å². The molecule has 0 aliphatic heterocycles. The summed E-state index contributed by atoms with van der Waals surface area (Å²) in [6, 6.07) is 3.21. The van der Waals surface area contributed by atoms with Crippen molar-refractivity contribution in [1.29, 1.82) is 0 Å². The van der Waals surface area contributed by atoms with Crippen LogP contribution in [-0.2, 0) is 0 Å². The molecule has 1 heterocycles. The van der Waals surface area contributed by atoms with Crippen LogP contribution in [-0.4, -0.2) is 21.2 Å². The van der Waals surface area contributed by atoms with Crippen molar-refractivity contribution in [3.8, 4) is 0 Å². The average molecular weight is 192 g/mol. The molecule has 0 unspecified atom stereocenters. The Morgan fingerprint density at radius 2 is 2.36 bits per heavy atom. The summed E-state index contributed by atoms with van der Waals surface area (Å²) in [5.74, 6) is 0. The second kappa shape index (κ2) is 2.91. The number of nitrogens with one attached hydrogen (secondary N) is 2. The van der Waals surface area contributed by atoms with Crippen molar-refractivity contribution in [2.24, 2.45) is 0 Å². The molecule has 5 N–H and O–H groups in total. The molecule has 14 heavy (non-hydrogen) atoms. The molecule has 1 amide bonds. The van der Waals surface area contributed by atoms with E-state index in [0.717, 1.165) is 5.52 Å². The lowest BCUT2D eigenvalue weighted by Gasteiger charge is -2.04. The van der Waals surface area contributed by atoms with Crippen LogP contribution < -0.4 is 11.1 Å². The number of nitrogen functional groups attached to an aromatic ring is 1. The Hall–Kier alpha value is -2.24. The summed E-state index contributed by atoms with van der Waals surface area (Å²) in [6.45, 7) is 0. The number of amides is 1. The monoisotopic (exact) mass is 192 g/mol. The molecule has 6 heteroatoms. The van der Waals surface area contributed by atoms with Crippen LogP contribution in [0.3, 0.4) is 0 Å². The van der Waals surface area contributed by atoms with Gasteiger partial charge >= 0.3 is 6.09 Å². The van der Waals surface area contributed by atoms with Crippen molar-refractivity contribution < 1.29 is 9.90 Å². The third kappa shape index (κ3) is 1.33. The molecule has 1 aromatic heterocycles. The molecule has 0 fully saturated rings. The summed E-state index contributed by atoms with van der Waals surface area (Å²) in [5.41, 5.74) is 7.78. The highest BCUT2D eigenvalue weighted by Crippen LogP contribution is 2.23. The molecule has 72 valence electrons. The fourth-order valence-corrected chi connectivity index (χ4v) is 1.22. The largest absolute Gasteiger partial charge is 0.465 e. The Morgan fingerprint density at radius 3 is 3.07 bits per heavy atom. The number of carboxylic acid groups (broad SMARTS) is 1. The van der Waals surface area contributed by atoms with E-state index in [2.05, 4.69) is 15.3 Å². The molecule has 0 aliphatic carbocycles. The van der Waals surface area contributed by atoms with Crippen molar-refractivity contribution in [3.63, 3.8) is 0 Å². The zero-order valence-electron chi connectivity index (χ0n) is 7.11. The van der Waals surface area contributed by atoms with Gasteiger partial charge in [0, 0.05) is 0 Å². The summed E-state index contributed by atoms with van der Waals surface area (Å²) >= 11 is 0. The van der Waals surface area contributed by atoms with E-state index in [1.165, 1.54) is 6.33 Å². The second-order valence-corrected chi connectivity index (χ2v) is 2.79. The first-order valence-electron chi connectivity index (χ1n) is 3.89. The van der Waals surface area contributed by atoms with E-state index < -0.39 is 6.09 Å². The van der Waals surface area contributed by atoms with Crippen molar-refractivity contribution in [2.75, 3.05) is 11.1 Å². The normalized spacial score (nSPS) is 10.3. The number of nitrogens with two attached hydrogens (primary N) is 1. The number of rotatable bonds is 1. The Labute approximate surface area is 78.8 Å². The van der Waals surface area contributed by atoms with E-state index in [1.807, 2.05) is 0 Å². The van der Waals surface area contributed by atoms with Crippen molar-refractivity contribution >= 4 is 28.5 Å². The van der Waals surface area contributed by atoms with Gasteiger partial charge in [-0.1, -0.05) is 0 Å². The summed E-state index contributed by atoms with van der Waals surface area (Å²) < 4.78 is 0. The number of H-pyrrole nitrogens is 1. The van der Waals surface area contributed by atoms with Crippen molar-refractivity contribution in [2.45, 2.75) is 0 Å². The standard InChI is InChI=1S/C8H8N4O2/c9-4-1-6-7(11-3-10-6)2-5(4)12-8(13)14/h1-3,12H,9H2,(H,10,11)(H,13,14). The smallest absolute Gasteiger partial charge is 0.409 e. The quantitative estimate of drug-likeness (QED) is 0.510. The van der Waals surface area contributed by atoms with Gasteiger partial charge in [0.05, 0.1) is 28.7 Å². The van der Waals surface area contributed by atoms with Gasteiger partial charge in [0.15, 0.2) is 0 Å². The molecule has 6 nitrogen and oxygen atoms in total. The molecular formula is C8H8N4O2. The number of aromatic amines is 1. The number of anilines is 2. The number of hydrogen-bond acceptors (Lipinski definition) is 3. The van der Waals surface area contributed by atoms with Crippen LogP contribution in [0, 0.1) is 0 Å². The highest BCUT2D eigenvalue weighted by atomic mass is 16.4. The number of carbonyl (C=O) groups is 1. The average Bonchev–Trinajstić information content (AvgIpc) is 2.51. The number of aromatic nitrogens is 2. The first kappa shape index (κ1) is 8.36. The summed E-state index contributed by atoms with van der Waals surface area (Å²) in [5, 5.41) is 10.7. The third-order valence-corrected chi connectivity index (χ3v) is 1.83. The van der Waals surface area contributed by atoms with Crippen LogP contribution in [0.4, 0.5) is 16.2 Å². The van der Waals surface area contributed by atoms with Gasteiger partial charge in [-0.25, -0.2) is 9.78 Å². The molecule has 0 spiro atoms. The lowest BCUT2D eigenvalue weighted by atomic mass is 10.2. The van der Waals surface area contributed by atoms with E-state index in [-0.39, 0.29) is 0 Å². The van der Waals surface area contributed by atoms with Gasteiger partial charge in [-0.05, 0) is 12.1 Å². The molecule has 2 rings (SSSR count). The van der Waals surface area contributed by atoms with Crippen LogP contribution in [0.2, 0.25) is 0 Å². The molecular weight excluding hydrogens is 184 g/mol. The second-order valence-electron chi connectivity index (χ2n) is 2.79. The maximum absolute atomic E-state index is 10.4. The van der Waals surface area contributed by atoms with Crippen LogP contribution in [0.25, 0.3) is 11.0 Å². The van der Waals surface area contributed by atoms with E-state index in [0.29, 0.717) is 16.9 Å². The van der Waals surface area contributed by atoms with Gasteiger partial charge in [0.2, 0.25) is 0 Å². The summed E-state index contributed by atoms with van der Waals surface area (Å²) in [6.07, 6.45) is 0.376. The molecule has 2 aromatic rings. The highest BCUT2D eigenvalue weighted by Gasteiger charge is 2.05. The Bertz CT molecular complexity index is 491. The lowest BCUT2D eigenvalue weighted by molar-refractivity contribution is 0.210. The first-order chi connectivity index (χ1) is 6.66. The topological polar surface area (TPSA) is 104 Å². The summed E-state index contributed by atoms with van der Waals surface area (Å²) in [4.78, 5) is 17.3. The van der Waals surface area contributed by atoms with Crippen LogP contribution in [0.1, 0.15) is 0 Å². The molecule has 0 atom stereocenters. The van der Waals surface area contributed by atoms with Gasteiger partial charge in [-0.3, -0.25) is 5.32 Å². The van der Waals surface area contributed by atoms with Crippen LogP contribution >= 0.6 is 0 Å². The van der Waals surface area contributed by atoms with Crippen LogP contribution in [0.5, 0.6) is 0 Å². The van der Waals surface area contributed by atoms with Gasteiger partial charge in [-0.15, -0.1) is 0 Å². The van der Waals surface area contributed by atoms with E-state index in [9.17, 15) is 4.79 Å². The fraction of sp³-hybridized carbons (Fsp3) is 0. The zero-order chi connectivity index (χ0) is 10.1. The number of benzene rings is 1. The van der Waals surface area contributed by atoms with Gasteiger partial charge < -0.3 is 15.8 Å². The maximum Gasteiger partial charge on any atom is 0.409 e. The number of fused-ring (bicyclic) bond motifs is 1. The molecule has 0 aliphatic rings. The van der Waals surface area contributed by atoms with Crippen molar-refractivity contribution in [3.05, 3.63) is 18.5 Å². The molecule has 0 radical (unpaired) electrons. The molecule has 0 saturated carbocycles. The maximum atomic E-state index is 10.4. The minimum atomic E-state index is -1.15. The van der Waals surface area contributed by atoms with E-state index in [1.54, 1.807) is 12.1 Å². The number of nitrogens with zero attached hydrogens (tertiary/aromatic N) is 1. The number of imidazole rings is 1. The SMILES string of the molecule is Nc1cc2[nH]cnc2cc1NC(=O)O. The Balaban J connectivity index is 2.53. The first-order valence-corrected chi connectivity index (χ1v) is 3.89. The predicted molar refractivity (Wildman–Crippen MR) is 52.2 cm³/mol. The van der Waals surface area contributed by atoms with E-state index in [4.69, 9.17) is 10.8 Å². The minimum Gasteiger partial charge on any atom is -0.465 e. The predicted octanol–water partition coefficient (Wildman–Crippen LogP) is 1.24. The fourth-order valence-electron chi connectivity index (χ4n) is 1.22. The Morgan fingerprint density at radius 1 is 1.57 bits per heavy atom. The minimum absolute atomic E-state index is 0.345. The van der Waals surface area contributed by atoms with Crippen molar-refractivity contribution in [1.82, 2.24) is 9.97 Å². The van der Waals surface area contributed by atoms with Gasteiger partial charge in [0.1, 0.15) is 0 Å². The molecule has 0 saturated heterocycles. The number of hydrogen-bond donors (Lipinski definition) is 4.